The molecule has 0 aliphatic rings. The minimum Gasteiger partial charge on any atom is -0.323 e. The number of anilines is 3. The molecular weight excluding hydrogens is 262 g/mol. The van der Waals surface area contributed by atoms with Crippen molar-refractivity contribution in [2.75, 3.05) is 23.0 Å². The van der Waals surface area contributed by atoms with E-state index in [2.05, 4.69) is 32.9 Å². The third-order valence-electron chi connectivity index (χ3n) is 2.36. The molecule has 2 aromatic rings. The zero-order valence-corrected chi connectivity index (χ0v) is 11.2. The Bertz CT molecular complexity index is 546. The van der Waals surface area contributed by atoms with Crippen LogP contribution in [0.5, 0.6) is 0 Å². The number of nitrogens with one attached hydrogen (secondary N) is 1. The molecule has 0 atom stereocenters. The summed E-state index contributed by atoms with van der Waals surface area (Å²) >= 11 is 3.88. The molecule has 0 aromatic carbocycles. The second-order valence-electron chi connectivity index (χ2n) is 3.72. The van der Waals surface area contributed by atoms with Gasteiger partial charge in [-0.3, -0.25) is 9.69 Å². The molecule has 98 valence electrons. The van der Waals surface area contributed by atoms with Crippen molar-refractivity contribution in [3.8, 4) is 0 Å². The summed E-state index contributed by atoms with van der Waals surface area (Å²) in [5.41, 5.74) is 0.539. The molecule has 2 aromatic heterocycles. The fourth-order valence-electron chi connectivity index (χ4n) is 1.41. The predicted molar refractivity (Wildman–Crippen MR) is 76.8 cm³/mol. The molecule has 2 heterocycles. The summed E-state index contributed by atoms with van der Waals surface area (Å²) in [6, 6.07) is 5.59. The van der Waals surface area contributed by atoms with E-state index in [0.717, 1.165) is 5.82 Å². The highest BCUT2D eigenvalue weighted by molar-refractivity contribution is 7.81. The third-order valence-corrected chi connectivity index (χ3v) is 2.65. The van der Waals surface area contributed by atoms with Crippen molar-refractivity contribution in [2.45, 2.75) is 0 Å². The van der Waals surface area contributed by atoms with E-state index in [1.54, 1.807) is 23.5 Å². The molecule has 0 aliphatic carbocycles. The number of pyridine rings is 1. The van der Waals surface area contributed by atoms with Gasteiger partial charge in [-0.05, 0) is 12.1 Å². The van der Waals surface area contributed by atoms with Gasteiger partial charge in [-0.1, -0.05) is 6.07 Å². The lowest BCUT2D eigenvalue weighted by molar-refractivity contribution is -0.113. The average molecular weight is 275 g/mol. The summed E-state index contributed by atoms with van der Waals surface area (Å²) < 4.78 is 0. The summed E-state index contributed by atoms with van der Waals surface area (Å²) in [6.45, 7) is 0. The van der Waals surface area contributed by atoms with E-state index in [1.165, 1.54) is 0 Å². The van der Waals surface area contributed by atoms with Gasteiger partial charge in [0.2, 0.25) is 11.9 Å². The van der Waals surface area contributed by atoms with Crippen molar-refractivity contribution in [1.29, 1.82) is 0 Å². The molecule has 0 saturated carbocycles. The Hall–Kier alpha value is -2.15. The highest BCUT2D eigenvalue weighted by Crippen LogP contribution is 2.17. The molecule has 0 fully saturated rings. The summed E-state index contributed by atoms with van der Waals surface area (Å²) in [5, 5.41) is 2.62. The normalized spacial score (nSPS) is 10.0. The number of aromatic nitrogens is 3. The smallest absolute Gasteiger partial charge is 0.234 e. The van der Waals surface area contributed by atoms with E-state index in [-0.39, 0.29) is 11.7 Å². The lowest BCUT2D eigenvalue weighted by Crippen LogP contribution is -2.16. The van der Waals surface area contributed by atoms with Gasteiger partial charge in [0.25, 0.3) is 0 Å². The SMILES string of the molecule is CN(c1ccccn1)c1ncc(NC(=O)CS)cn1. The fraction of sp³-hybridized carbons (Fsp3) is 0.167. The molecule has 6 nitrogen and oxygen atoms in total. The molecule has 19 heavy (non-hydrogen) atoms. The van der Waals surface area contributed by atoms with Gasteiger partial charge >= 0.3 is 0 Å². The van der Waals surface area contributed by atoms with Crippen LogP contribution in [0, 0.1) is 0 Å². The number of carbonyl (C=O) groups is 1. The number of nitrogens with zero attached hydrogens (tertiary/aromatic N) is 4. The summed E-state index contributed by atoms with van der Waals surface area (Å²) in [7, 11) is 1.82. The number of thiol groups is 1. The van der Waals surface area contributed by atoms with Crippen LogP contribution >= 0.6 is 12.6 Å². The van der Waals surface area contributed by atoms with Gasteiger partial charge in [0.15, 0.2) is 0 Å². The Labute approximate surface area is 116 Å². The Kier molecular flexibility index (Phi) is 4.30. The Morgan fingerprint density at radius 3 is 2.63 bits per heavy atom. The Morgan fingerprint density at radius 2 is 2.05 bits per heavy atom. The van der Waals surface area contributed by atoms with Gasteiger partial charge < -0.3 is 5.32 Å². The van der Waals surface area contributed by atoms with Gasteiger partial charge in [-0.2, -0.15) is 12.6 Å². The van der Waals surface area contributed by atoms with E-state index in [1.807, 2.05) is 25.2 Å². The summed E-state index contributed by atoms with van der Waals surface area (Å²) in [4.78, 5) is 25.5. The van der Waals surface area contributed by atoms with Crippen molar-refractivity contribution >= 4 is 36.0 Å². The monoisotopic (exact) mass is 275 g/mol. The molecule has 7 heteroatoms. The topological polar surface area (TPSA) is 71.0 Å². The number of amides is 1. The minimum absolute atomic E-state index is 0.121. The van der Waals surface area contributed by atoms with Crippen LogP contribution in [0.25, 0.3) is 0 Å². The van der Waals surface area contributed by atoms with Crippen molar-refractivity contribution in [2.24, 2.45) is 0 Å². The second-order valence-corrected chi connectivity index (χ2v) is 4.04. The van der Waals surface area contributed by atoms with Crippen LogP contribution in [-0.4, -0.2) is 33.7 Å². The number of rotatable bonds is 4. The highest BCUT2D eigenvalue weighted by atomic mass is 32.1. The van der Waals surface area contributed by atoms with Crippen LogP contribution in [0.3, 0.4) is 0 Å². The van der Waals surface area contributed by atoms with Crippen molar-refractivity contribution in [1.82, 2.24) is 15.0 Å². The van der Waals surface area contributed by atoms with Crippen molar-refractivity contribution in [3.05, 3.63) is 36.8 Å². The van der Waals surface area contributed by atoms with Crippen LogP contribution in [0.4, 0.5) is 17.5 Å². The average Bonchev–Trinajstić information content (AvgIpc) is 2.48. The molecule has 0 bridgehead atoms. The van der Waals surface area contributed by atoms with E-state index in [4.69, 9.17) is 0 Å². The van der Waals surface area contributed by atoms with Crippen LogP contribution in [0.2, 0.25) is 0 Å². The zero-order chi connectivity index (χ0) is 13.7. The van der Waals surface area contributed by atoms with Crippen LogP contribution in [-0.2, 0) is 4.79 Å². The zero-order valence-electron chi connectivity index (χ0n) is 10.3. The minimum atomic E-state index is -0.197. The molecule has 2 rings (SSSR count). The first kappa shape index (κ1) is 13.3. The first-order valence-electron chi connectivity index (χ1n) is 5.58. The van der Waals surface area contributed by atoms with Gasteiger partial charge in [-0.25, -0.2) is 15.0 Å². The lowest BCUT2D eigenvalue weighted by atomic mass is 10.4. The second kappa shape index (κ2) is 6.14. The first-order chi connectivity index (χ1) is 9.20. The number of hydrogen-bond acceptors (Lipinski definition) is 6. The fourth-order valence-corrected chi connectivity index (χ4v) is 1.49. The molecule has 1 N–H and O–H groups in total. The van der Waals surface area contributed by atoms with E-state index in [9.17, 15) is 4.79 Å². The predicted octanol–water partition coefficient (Wildman–Crippen LogP) is 1.51. The molecule has 0 saturated heterocycles. The third kappa shape index (κ3) is 3.41. The maximum Gasteiger partial charge on any atom is 0.234 e. The molecular formula is C12H13N5OS. The van der Waals surface area contributed by atoms with Crippen LogP contribution < -0.4 is 10.2 Å². The summed E-state index contributed by atoms with van der Waals surface area (Å²) in [5.74, 6) is 1.17. The molecule has 0 radical (unpaired) electrons. The molecule has 0 spiro atoms. The highest BCUT2D eigenvalue weighted by Gasteiger charge is 2.08. The van der Waals surface area contributed by atoms with Gasteiger partial charge in [0.05, 0.1) is 23.8 Å². The molecule has 1 amide bonds. The lowest BCUT2D eigenvalue weighted by Gasteiger charge is -2.15. The molecule has 0 unspecified atom stereocenters. The van der Waals surface area contributed by atoms with Gasteiger partial charge in [0.1, 0.15) is 5.82 Å². The molecule has 0 aliphatic heterocycles. The maximum absolute atomic E-state index is 11.2. The Balaban J connectivity index is 2.12. The maximum atomic E-state index is 11.2. The number of hydrogen-bond donors (Lipinski definition) is 2. The van der Waals surface area contributed by atoms with Crippen molar-refractivity contribution in [3.63, 3.8) is 0 Å². The van der Waals surface area contributed by atoms with Crippen molar-refractivity contribution < 1.29 is 4.79 Å². The van der Waals surface area contributed by atoms with Crippen LogP contribution in [0.15, 0.2) is 36.8 Å². The Morgan fingerprint density at radius 1 is 1.32 bits per heavy atom. The van der Waals surface area contributed by atoms with E-state index in [0.29, 0.717) is 11.6 Å². The van der Waals surface area contributed by atoms with Gasteiger partial charge in [0, 0.05) is 13.2 Å². The van der Waals surface area contributed by atoms with Crippen LogP contribution in [0.1, 0.15) is 0 Å². The van der Waals surface area contributed by atoms with E-state index >= 15 is 0 Å². The van der Waals surface area contributed by atoms with E-state index < -0.39 is 0 Å². The van der Waals surface area contributed by atoms with Gasteiger partial charge in [-0.15, -0.1) is 0 Å². The summed E-state index contributed by atoms with van der Waals surface area (Å²) in [6.07, 6.45) is 4.79. The largest absolute Gasteiger partial charge is 0.323 e. The number of carbonyl (C=O) groups excluding carboxylic acids is 1. The quantitative estimate of drug-likeness (QED) is 0.828. The first-order valence-corrected chi connectivity index (χ1v) is 6.21. The standard InChI is InChI=1S/C12H13N5OS/c1-17(10-4-2-3-5-13-10)12-14-6-9(7-15-12)16-11(18)8-19/h2-7,19H,8H2,1H3,(H,16,18).